The molecule has 0 aliphatic carbocycles. The number of aromatic nitrogens is 2. The third kappa shape index (κ3) is 2.82. The summed E-state index contributed by atoms with van der Waals surface area (Å²) in [7, 11) is 0. The Balaban J connectivity index is 2.01. The highest BCUT2D eigenvalue weighted by Crippen LogP contribution is 2.18. The Kier molecular flexibility index (Phi) is 3.72. The first-order valence-corrected chi connectivity index (χ1v) is 5.55. The Hall–Kier alpha value is -1.88. The number of hydrogen-bond donors (Lipinski definition) is 1. The fourth-order valence-corrected chi connectivity index (χ4v) is 1.44. The molecular weight excluding hydrogens is 218 g/mol. The lowest BCUT2D eigenvalue weighted by molar-refractivity contribution is 0.257. The molecule has 0 aliphatic heterocycles. The molecule has 2 rings (SSSR count). The lowest BCUT2D eigenvalue weighted by atomic mass is 10.2. The van der Waals surface area contributed by atoms with Gasteiger partial charge in [-0.1, -0.05) is 25.1 Å². The molecule has 0 unspecified atom stereocenters. The van der Waals surface area contributed by atoms with Crippen LogP contribution in [0, 0.1) is 0 Å². The lowest BCUT2D eigenvalue weighted by Gasteiger charge is -2.07. The maximum Gasteiger partial charge on any atom is 0.253 e. The van der Waals surface area contributed by atoms with Gasteiger partial charge >= 0.3 is 0 Å². The predicted molar refractivity (Wildman–Crippen MR) is 62.3 cm³/mol. The van der Waals surface area contributed by atoms with Gasteiger partial charge in [0.1, 0.15) is 5.75 Å². The molecule has 5 heteroatoms. The first-order valence-electron chi connectivity index (χ1n) is 5.55. The van der Waals surface area contributed by atoms with Gasteiger partial charge in [0.05, 0.1) is 0 Å². The fraction of sp³-hybridized carbons (Fsp3) is 0.333. The average molecular weight is 233 g/mol. The summed E-state index contributed by atoms with van der Waals surface area (Å²) in [5.41, 5.74) is 6.57. The van der Waals surface area contributed by atoms with Crippen LogP contribution in [0.15, 0.2) is 28.7 Å². The molecule has 0 saturated carbocycles. The normalized spacial score (nSPS) is 10.5. The third-order valence-corrected chi connectivity index (χ3v) is 2.35. The first-order chi connectivity index (χ1) is 8.33. The highest BCUT2D eigenvalue weighted by molar-refractivity contribution is 5.32. The highest BCUT2D eigenvalue weighted by atomic mass is 16.5. The van der Waals surface area contributed by atoms with Crippen LogP contribution in [0.2, 0.25) is 0 Å². The van der Waals surface area contributed by atoms with Crippen molar-refractivity contribution in [3.8, 4) is 5.75 Å². The molecule has 1 aromatic heterocycles. The van der Waals surface area contributed by atoms with Crippen molar-refractivity contribution in [2.75, 3.05) is 0 Å². The second-order valence-electron chi connectivity index (χ2n) is 3.54. The molecule has 1 aromatic carbocycles. The van der Waals surface area contributed by atoms with Crippen molar-refractivity contribution in [2.24, 2.45) is 5.73 Å². The van der Waals surface area contributed by atoms with E-state index in [0.29, 0.717) is 18.3 Å². The van der Waals surface area contributed by atoms with E-state index in [4.69, 9.17) is 14.9 Å². The van der Waals surface area contributed by atoms with Gasteiger partial charge in [0, 0.05) is 18.5 Å². The van der Waals surface area contributed by atoms with Crippen molar-refractivity contribution in [1.82, 2.24) is 10.2 Å². The van der Waals surface area contributed by atoms with Crippen LogP contribution in [0.25, 0.3) is 0 Å². The molecule has 0 saturated heterocycles. The maximum absolute atomic E-state index is 5.61. The van der Waals surface area contributed by atoms with Gasteiger partial charge < -0.3 is 14.9 Å². The molecule has 0 bridgehead atoms. The van der Waals surface area contributed by atoms with E-state index < -0.39 is 0 Å². The molecule has 2 N–H and O–H groups in total. The minimum atomic E-state index is 0.268. The van der Waals surface area contributed by atoms with Gasteiger partial charge in [-0.3, -0.25) is 0 Å². The summed E-state index contributed by atoms with van der Waals surface area (Å²) in [6.45, 7) is 2.67. The van der Waals surface area contributed by atoms with E-state index >= 15 is 0 Å². The number of ether oxygens (including phenoxy) is 1. The second kappa shape index (κ2) is 5.45. The lowest BCUT2D eigenvalue weighted by Crippen LogP contribution is -2.02. The molecule has 0 amide bonds. The monoisotopic (exact) mass is 233 g/mol. The summed E-state index contributed by atoms with van der Waals surface area (Å²) in [4.78, 5) is 0. The minimum Gasteiger partial charge on any atom is -0.483 e. The molecule has 0 atom stereocenters. The van der Waals surface area contributed by atoms with Crippen molar-refractivity contribution < 1.29 is 9.15 Å². The van der Waals surface area contributed by atoms with E-state index in [1.807, 2.05) is 31.2 Å². The van der Waals surface area contributed by atoms with Crippen LogP contribution in [0.1, 0.15) is 24.3 Å². The van der Waals surface area contributed by atoms with Crippen LogP contribution in [-0.2, 0) is 19.6 Å². The fourth-order valence-electron chi connectivity index (χ4n) is 1.44. The minimum absolute atomic E-state index is 0.268. The van der Waals surface area contributed by atoms with Crippen LogP contribution in [0.4, 0.5) is 0 Å². The van der Waals surface area contributed by atoms with E-state index in [0.717, 1.165) is 17.7 Å². The van der Waals surface area contributed by atoms with Gasteiger partial charge in [-0.25, -0.2) is 0 Å². The third-order valence-electron chi connectivity index (χ3n) is 2.35. The Morgan fingerprint density at radius 2 is 2.00 bits per heavy atom. The molecule has 0 fully saturated rings. The zero-order valence-electron chi connectivity index (χ0n) is 9.72. The molecule has 17 heavy (non-hydrogen) atoms. The van der Waals surface area contributed by atoms with Crippen LogP contribution < -0.4 is 10.5 Å². The standard InChI is InChI=1S/C12H15N3O2/c1-2-11-14-15-12(17-11)8-16-10-6-4-3-5-9(10)7-13/h3-6H,2,7-8,13H2,1H3. The van der Waals surface area contributed by atoms with Crippen molar-refractivity contribution in [2.45, 2.75) is 26.5 Å². The topological polar surface area (TPSA) is 74.2 Å². The number of para-hydroxylation sites is 1. The number of nitrogens with zero attached hydrogens (tertiary/aromatic N) is 2. The van der Waals surface area contributed by atoms with E-state index in [1.165, 1.54) is 0 Å². The van der Waals surface area contributed by atoms with Crippen molar-refractivity contribution >= 4 is 0 Å². The molecule has 0 radical (unpaired) electrons. The molecular formula is C12H15N3O2. The van der Waals surface area contributed by atoms with Crippen LogP contribution >= 0.6 is 0 Å². The first kappa shape index (κ1) is 11.6. The summed E-state index contributed by atoms with van der Waals surface area (Å²) in [6, 6.07) is 7.64. The molecule has 0 spiro atoms. The van der Waals surface area contributed by atoms with Crippen molar-refractivity contribution in [1.29, 1.82) is 0 Å². The zero-order chi connectivity index (χ0) is 12.1. The van der Waals surface area contributed by atoms with Gasteiger partial charge in [0.2, 0.25) is 5.89 Å². The van der Waals surface area contributed by atoms with Crippen LogP contribution in [0.5, 0.6) is 5.75 Å². The number of benzene rings is 1. The maximum atomic E-state index is 5.61. The molecule has 5 nitrogen and oxygen atoms in total. The van der Waals surface area contributed by atoms with Crippen LogP contribution in [0.3, 0.4) is 0 Å². The summed E-state index contributed by atoms with van der Waals surface area (Å²) >= 11 is 0. The largest absolute Gasteiger partial charge is 0.483 e. The SMILES string of the molecule is CCc1nnc(COc2ccccc2CN)o1. The number of rotatable bonds is 5. The molecule has 0 aliphatic rings. The Morgan fingerprint density at radius 1 is 1.24 bits per heavy atom. The number of nitrogens with two attached hydrogens (primary N) is 1. The molecule has 1 heterocycles. The highest BCUT2D eigenvalue weighted by Gasteiger charge is 2.06. The van der Waals surface area contributed by atoms with Gasteiger partial charge in [0.25, 0.3) is 5.89 Å². The molecule has 90 valence electrons. The number of hydrogen-bond acceptors (Lipinski definition) is 5. The quantitative estimate of drug-likeness (QED) is 0.850. The Morgan fingerprint density at radius 3 is 2.71 bits per heavy atom. The predicted octanol–water partition coefficient (Wildman–Crippen LogP) is 1.67. The van der Waals surface area contributed by atoms with Crippen molar-refractivity contribution in [3.63, 3.8) is 0 Å². The van der Waals surface area contributed by atoms with Gasteiger partial charge in [-0.05, 0) is 6.07 Å². The van der Waals surface area contributed by atoms with Gasteiger partial charge in [0.15, 0.2) is 6.61 Å². The van der Waals surface area contributed by atoms with E-state index in [1.54, 1.807) is 0 Å². The molecule has 2 aromatic rings. The van der Waals surface area contributed by atoms with Crippen molar-refractivity contribution in [3.05, 3.63) is 41.6 Å². The van der Waals surface area contributed by atoms with Gasteiger partial charge in [-0.15, -0.1) is 10.2 Å². The smallest absolute Gasteiger partial charge is 0.253 e. The Labute approximate surface area is 99.6 Å². The Bertz CT molecular complexity index is 482. The van der Waals surface area contributed by atoms with Gasteiger partial charge in [-0.2, -0.15) is 0 Å². The average Bonchev–Trinajstić information content (AvgIpc) is 2.84. The summed E-state index contributed by atoms with van der Waals surface area (Å²) in [5.74, 6) is 1.86. The van der Waals surface area contributed by atoms with E-state index in [9.17, 15) is 0 Å². The summed E-state index contributed by atoms with van der Waals surface area (Å²) in [5, 5.41) is 7.75. The zero-order valence-corrected chi connectivity index (χ0v) is 9.72. The van der Waals surface area contributed by atoms with E-state index in [2.05, 4.69) is 10.2 Å². The summed E-state index contributed by atoms with van der Waals surface area (Å²) in [6.07, 6.45) is 0.729. The summed E-state index contributed by atoms with van der Waals surface area (Å²) < 4.78 is 10.9. The van der Waals surface area contributed by atoms with E-state index in [-0.39, 0.29) is 6.61 Å². The number of aryl methyl sites for hydroxylation is 1. The van der Waals surface area contributed by atoms with Crippen LogP contribution in [-0.4, -0.2) is 10.2 Å². The second-order valence-corrected chi connectivity index (χ2v) is 3.54.